The van der Waals surface area contributed by atoms with E-state index in [0.717, 1.165) is 0 Å². The molecule has 0 amide bonds. The predicted molar refractivity (Wildman–Crippen MR) is 49.7 cm³/mol. The Labute approximate surface area is 61.2 Å². The Hall–Kier alpha value is 0.130. The van der Waals surface area contributed by atoms with Gasteiger partial charge < -0.3 is 0 Å². The van der Waals surface area contributed by atoms with E-state index in [1.165, 1.54) is 25.5 Å². The van der Waals surface area contributed by atoms with Crippen molar-refractivity contribution in [2.24, 2.45) is 5.41 Å². The van der Waals surface area contributed by atoms with Crippen molar-refractivity contribution >= 4 is 15.7 Å². The van der Waals surface area contributed by atoms with E-state index in [4.69, 9.17) is 0 Å². The zero-order valence-corrected chi connectivity index (χ0v) is 7.33. The third-order valence-electron chi connectivity index (χ3n) is 2.16. The van der Waals surface area contributed by atoms with Crippen molar-refractivity contribution in [1.29, 1.82) is 0 Å². The molecule has 0 aromatic rings. The fraction of sp³-hybridized carbons (Fsp3) is 1.00. The third-order valence-corrected chi connectivity index (χ3v) is 2.16. The van der Waals surface area contributed by atoms with Crippen molar-refractivity contribution in [2.45, 2.75) is 39.3 Å². The maximum absolute atomic E-state index is 2.35. The summed E-state index contributed by atoms with van der Waals surface area (Å²) < 4.78 is 0. The van der Waals surface area contributed by atoms with Crippen LogP contribution in [0.1, 0.15) is 26.7 Å². The zero-order valence-electron chi connectivity index (χ0n) is 7.33. The summed E-state index contributed by atoms with van der Waals surface area (Å²) in [7, 11) is 4.53. The van der Waals surface area contributed by atoms with Gasteiger partial charge in [-0.15, -0.1) is 0 Å². The van der Waals surface area contributed by atoms with Crippen LogP contribution >= 0.6 is 0 Å². The molecule has 9 heavy (non-hydrogen) atoms. The quantitative estimate of drug-likeness (QED) is 0.488. The highest BCUT2D eigenvalue weighted by Gasteiger charge is 2.12. The minimum Gasteiger partial charge on any atom is -0.0810 e. The van der Waals surface area contributed by atoms with Crippen molar-refractivity contribution in [3.63, 3.8) is 0 Å². The van der Waals surface area contributed by atoms with E-state index in [0.29, 0.717) is 5.41 Å². The summed E-state index contributed by atoms with van der Waals surface area (Å²) in [5.41, 5.74) is 0.593. The van der Waals surface area contributed by atoms with E-state index in [1.54, 1.807) is 0 Å². The summed E-state index contributed by atoms with van der Waals surface area (Å²) in [6.07, 6.45) is 5.43. The molecule has 0 fully saturated rings. The second kappa shape index (κ2) is 4.03. The van der Waals surface area contributed by atoms with Gasteiger partial charge in [-0.25, -0.2) is 0 Å². The van der Waals surface area contributed by atoms with Crippen LogP contribution in [0.4, 0.5) is 0 Å². The molecule has 0 unspecified atom stereocenters. The van der Waals surface area contributed by atoms with E-state index < -0.39 is 0 Å². The fourth-order valence-electron chi connectivity index (χ4n) is 0.832. The summed E-state index contributed by atoms with van der Waals surface area (Å²) in [6, 6.07) is 0. The Morgan fingerprint density at radius 3 is 2.11 bits per heavy atom. The van der Waals surface area contributed by atoms with Gasteiger partial charge in [-0.2, -0.15) is 0 Å². The molecule has 0 aliphatic carbocycles. The van der Waals surface area contributed by atoms with Gasteiger partial charge in [0.1, 0.15) is 15.7 Å². The molecule has 0 N–H and O–H groups in total. The summed E-state index contributed by atoms with van der Waals surface area (Å²) in [6.45, 7) is 4.70. The monoisotopic (exact) mass is 124 g/mol. The maximum Gasteiger partial charge on any atom is 0.102 e. The Balaban J connectivity index is 3.33. The normalized spacial score (nSPS) is 11.8. The summed E-state index contributed by atoms with van der Waals surface area (Å²) >= 11 is 0. The van der Waals surface area contributed by atoms with E-state index in [2.05, 4.69) is 29.5 Å². The first-order valence-electron chi connectivity index (χ1n) is 4.12. The molecule has 52 valence electrons. The molecule has 0 aromatic carbocycles. The zero-order chi connectivity index (χ0) is 7.33. The van der Waals surface area contributed by atoms with Crippen LogP contribution in [-0.4, -0.2) is 15.7 Å². The highest BCUT2D eigenvalue weighted by Crippen LogP contribution is 2.25. The largest absolute Gasteiger partial charge is 0.102 e. The highest BCUT2D eigenvalue weighted by molar-refractivity contribution is 6.09. The van der Waals surface area contributed by atoms with Crippen LogP contribution in [-0.2, 0) is 0 Å². The smallest absolute Gasteiger partial charge is 0.0810 e. The average Bonchev–Trinajstić information content (AvgIpc) is 1.84. The Morgan fingerprint density at radius 1 is 1.22 bits per heavy atom. The van der Waals surface area contributed by atoms with Gasteiger partial charge in [0.15, 0.2) is 0 Å². The summed E-state index contributed by atoms with van der Waals surface area (Å²) in [5, 5.41) is 0. The number of rotatable bonds is 4. The van der Waals surface area contributed by atoms with Crippen molar-refractivity contribution in [1.82, 2.24) is 0 Å². The topological polar surface area (TPSA) is 0 Å². The van der Waals surface area contributed by atoms with E-state index >= 15 is 0 Å². The average molecular weight is 124 g/mol. The van der Waals surface area contributed by atoms with Gasteiger partial charge in [-0.05, 0) is 11.8 Å². The molecule has 0 radical (unpaired) electrons. The van der Waals surface area contributed by atoms with Crippen LogP contribution in [0.2, 0.25) is 12.6 Å². The molecule has 0 aromatic heterocycles. The minimum atomic E-state index is 0.593. The first-order chi connectivity index (χ1) is 4.12. The molecule has 0 nitrogen and oxygen atoms in total. The maximum atomic E-state index is 2.35. The summed E-state index contributed by atoms with van der Waals surface area (Å²) in [4.78, 5) is 0. The van der Waals surface area contributed by atoms with Crippen LogP contribution < -0.4 is 0 Å². The van der Waals surface area contributed by atoms with E-state index in [-0.39, 0.29) is 0 Å². The molecule has 0 heterocycles. The van der Waals surface area contributed by atoms with Gasteiger partial charge in [-0.1, -0.05) is 32.9 Å². The second-order valence-electron chi connectivity index (χ2n) is 3.62. The van der Waals surface area contributed by atoms with Crippen LogP contribution in [0.25, 0.3) is 0 Å². The molecule has 0 saturated heterocycles. The molecule has 2 heteroatoms. The Morgan fingerprint density at radius 2 is 1.78 bits per heavy atom. The number of hydrogen-bond acceptors (Lipinski definition) is 0. The van der Waals surface area contributed by atoms with Crippen LogP contribution in [0.15, 0.2) is 0 Å². The lowest BCUT2D eigenvalue weighted by Gasteiger charge is -2.21. The predicted octanol–water partition coefficient (Wildman–Crippen LogP) is 0.896. The molecular weight excluding hydrogens is 106 g/mol. The SMILES string of the molecule is BCCCC(C)(C)CB. The lowest BCUT2D eigenvalue weighted by atomic mass is 9.75. The molecule has 0 aliphatic rings. The highest BCUT2D eigenvalue weighted by atomic mass is 14.2. The molecule has 0 spiro atoms. The van der Waals surface area contributed by atoms with Crippen molar-refractivity contribution in [2.75, 3.05) is 0 Å². The molecule has 0 aliphatic heterocycles. The van der Waals surface area contributed by atoms with Gasteiger partial charge in [0.05, 0.1) is 0 Å². The van der Waals surface area contributed by atoms with Crippen molar-refractivity contribution in [3.8, 4) is 0 Å². The molecule has 0 atom stereocenters. The molecular formula is C7H18B2. The van der Waals surface area contributed by atoms with Gasteiger partial charge >= 0.3 is 0 Å². The second-order valence-corrected chi connectivity index (χ2v) is 3.62. The van der Waals surface area contributed by atoms with Crippen LogP contribution in [0, 0.1) is 5.41 Å². The van der Waals surface area contributed by atoms with Crippen LogP contribution in [0.3, 0.4) is 0 Å². The van der Waals surface area contributed by atoms with Crippen molar-refractivity contribution in [3.05, 3.63) is 0 Å². The van der Waals surface area contributed by atoms with Gasteiger partial charge in [0.25, 0.3) is 0 Å². The Bertz CT molecular complexity index is 69.3. The van der Waals surface area contributed by atoms with Crippen molar-refractivity contribution < 1.29 is 0 Å². The lowest BCUT2D eigenvalue weighted by molar-refractivity contribution is 0.374. The van der Waals surface area contributed by atoms with E-state index in [9.17, 15) is 0 Å². The number of hydrogen-bond donors (Lipinski definition) is 0. The molecule has 0 bridgehead atoms. The van der Waals surface area contributed by atoms with Gasteiger partial charge in [-0.3, -0.25) is 0 Å². The first-order valence-corrected chi connectivity index (χ1v) is 4.12. The summed E-state index contributed by atoms with van der Waals surface area (Å²) in [5.74, 6) is 0. The fourth-order valence-corrected chi connectivity index (χ4v) is 0.832. The molecule has 0 rings (SSSR count). The minimum absolute atomic E-state index is 0.593. The lowest BCUT2D eigenvalue weighted by Crippen LogP contribution is -2.09. The van der Waals surface area contributed by atoms with E-state index in [1.807, 2.05) is 0 Å². The third kappa shape index (κ3) is 4.62. The van der Waals surface area contributed by atoms with Crippen LogP contribution in [0.5, 0.6) is 0 Å². The Kier molecular flexibility index (Phi) is 4.09. The van der Waals surface area contributed by atoms with Gasteiger partial charge in [0.2, 0.25) is 0 Å². The standard InChI is InChI=1S/C7H18B2/c1-7(2,6-9)4-3-5-8/h3-6,8-9H2,1-2H3. The first kappa shape index (κ1) is 9.13. The molecule has 0 saturated carbocycles. The van der Waals surface area contributed by atoms with Gasteiger partial charge in [0, 0.05) is 0 Å².